The zero-order chi connectivity index (χ0) is 17.8. The maximum absolute atomic E-state index is 12.5. The summed E-state index contributed by atoms with van der Waals surface area (Å²) in [4.78, 5) is 12.2. The Labute approximate surface area is 138 Å². The van der Waals surface area contributed by atoms with Crippen LogP contribution in [-0.2, 0) is 11.0 Å². The molecule has 1 amide bonds. The van der Waals surface area contributed by atoms with Crippen LogP contribution in [0, 0.1) is 11.3 Å². The molecule has 0 bridgehead atoms. The van der Waals surface area contributed by atoms with Gasteiger partial charge >= 0.3 is 6.18 Å². The summed E-state index contributed by atoms with van der Waals surface area (Å²) in [6, 6.07) is 6.33. The zero-order valence-electron chi connectivity index (χ0n) is 13.3. The Morgan fingerprint density at radius 3 is 2.33 bits per heavy atom. The van der Waals surface area contributed by atoms with E-state index >= 15 is 0 Å². The van der Waals surface area contributed by atoms with Crippen LogP contribution in [0.15, 0.2) is 24.3 Å². The first kappa shape index (κ1) is 18.1. The molecule has 0 aliphatic heterocycles. The van der Waals surface area contributed by atoms with E-state index in [9.17, 15) is 23.2 Å². The molecule has 2 rings (SSSR count). The summed E-state index contributed by atoms with van der Waals surface area (Å²) in [7, 11) is 0. The van der Waals surface area contributed by atoms with Crippen LogP contribution >= 0.6 is 0 Å². The van der Waals surface area contributed by atoms with Gasteiger partial charge in [-0.05, 0) is 44.0 Å². The van der Waals surface area contributed by atoms with Crippen molar-refractivity contribution in [3.63, 3.8) is 0 Å². The largest absolute Gasteiger partial charge is 0.481 e. The van der Waals surface area contributed by atoms with Crippen molar-refractivity contribution in [2.75, 3.05) is 0 Å². The molecular formula is C17H19F3N2O2. The average Bonchev–Trinajstić information content (AvgIpc) is 2.55. The Hall–Kier alpha value is -2.23. The van der Waals surface area contributed by atoms with Crippen molar-refractivity contribution >= 4 is 5.91 Å². The number of hydrogen-bond donors (Lipinski definition) is 1. The third-order valence-electron chi connectivity index (χ3n) is 4.15. The quantitative estimate of drug-likeness (QED) is 0.906. The van der Waals surface area contributed by atoms with Gasteiger partial charge in [-0.1, -0.05) is 19.3 Å². The van der Waals surface area contributed by atoms with Crippen molar-refractivity contribution in [2.24, 2.45) is 0 Å². The molecule has 7 heteroatoms. The SMILES string of the molecule is C[C@H](Oc1ccc(C(F)(F)F)cc1)C(=O)NC1(C#N)CCCCC1. The van der Waals surface area contributed by atoms with E-state index in [1.807, 2.05) is 0 Å². The third-order valence-corrected chi connectivity index (χ3v) is 4.15. The highest BCUT2D eigenvalue weighted by Gasteiger charge is 2.35. The minimum atomic E-state index is -4.42. The summed E-state index contributed by atoms with van der Waals surface area (Å²) >= 11 is 0. The molecule has 1 atom stereocenters. The average molecular weight is 340 g/mol. The van der Waals surface area contributed by atoms with E-state index in [1.165, 1.54) is 19.1 Å². The van der Waals surface area contributed by atoms with Crippen LogP contribution in [0.2, 0.25) is 0 Å². The van der Waals surface area contributed by atoms with E-state index in [4.69, 9.17) is 4.74 Å². The van der Waals surface area contributed by atoms with E-state index in [2.05, 4.69) is 11.4 Å². The number of alkyl halides is 3. The number of amides is 1. The number of benzene rings is 1. The summed E-state index contributed by atoms with van der Waals surface area (Å²) in [6.07, 6.45) is -1.33. The van der Waals surface area contributed by atoms with E-state index < -0.39 is 29.3 Å². The second kappa shape index (κ2) is 7.12. The smallest absolute Gasteiger partial charge is 0.416 e. The zero-order valence-corrected chi connectivity index (χ0v) is 13.3. The second-order valence-corrected chi connectivity index (χ2v) is 6.03. The van der Waals surface area contributed by atoms with Gasteiger partial charge in [0.2, 0.25) is 0 Å². The Balaban J connectivity index is 1.97. The van der Waals surface area contributed by atoms with Gasteiger partial charge < -0.3 is 10.1 Å². The predicted molar refractivity (Wildman–Crippen MR) is 81.1 cm³/mol. The second-order valence-electron chi connectivity index (χ2n) is 6.03. The summed E-state index contributed by atoms with van der Waals surface area (Å²) < 4.78 is 42.9. The van der Waals surface area contributed by atoms with Crippen LogP contribution in [-0.4, -0.2) is 17.6 Å². The molecule has 0 saturated heterocycles. The fourth-order valence-electron chi connectivity index (χ4n) is 2.74. The minimum absolute atomic E-state index is 0.167. The van der Waals surface area contributed by atoms with Gasteiger partial charge in [0.05, 0.1) is 11.6 Å². The number of nitriles is 1. The van der Waals surface area contributed by atoms with Crippen molar-refractivity contribution in [3.05, 3.63) is 29.8 Å². The van der Waals surface area contributed by atoms with Gasteiger partial charge in [0.15, 0.2) is 6.10 Å². The van der Waals surface area contributed by atoms with Gasteiger partial charge in [0, 0.05) is 0 Å². The van der Waals surface area contributed by atoms with Crippen molar-refractivity contribution in [1.82, 2.24) is 5.32 Å². The lowest BCUT2D eigenvalue weighted by Gasteiger charge is -2.32. The van der Waals surface area contributed by atoms with Gasteiger partial charge in [-0.15, -0.1) is 0 Å². The minimum Gasteiger partial charge on any atom is -0.481 e. The van der Waals surface area contributed by atoms with Crippen LogP contribution in [0.3, 0.4) is 0 Å². The van der Waals surface area contributed by atoms with Crippen molar-refractivity contribution in [2.45, 2.75) is 56.8 Å². The van der Waals surface area contributed by atoms with Gasteiger partial charge in [-0.25, -0.2) is 0 Å². The van der Waals surface area contributed by atoms with Crippen LogP contribution in [0.1, 0.15) is 44.6 Å². The predicted octanol–water partition coefficient (Wildman–Crippen LogP) is 3.82. The third kappa shape index (κ3) is 4.40. The van der Waals surface area contributed by atoms with Gasteiger partial charge in [0.1, 0.15) is 11.3 Å². The maximum atomic E-state index is 12.5. The van der Waals surface area contributed by atoms with Crippen LogP contribution in [0.4, 0.5) is 13.2 Å². The number of nitrogens with one attached hydrogen (secondary N) is 1. The lowest BCUT2D eigenvalue weighted by atomic mass is 9.83. The molecule has 1 fully saturated rings. The number of carbonyl (C=O) groups excluding carboxylic acids is 1. The summed E-state index contributed by atoms with van der Waals surface area (Å²) in [5.41, 5.74) is -1.65. The Kier molecular flexibility index (Phi) is 5.37. The summed E-state index contributed by atoms with van der Waals surface area (Å²) in [5, 5.41) is 12.1. The number of ether oxygens (including phenoxy) is 1. The molecule has 0 radical (unpaired) electrons. The Morgan fingerprint density at radius 1 is 1.25 bits per heavy atom. The molecule has 1 saturated carbocycles. The summed E-state index contributed by atoms with van der Waals surface area (Å²) in [6.45, 7) is 1.50. The number of rotatable bonds is 4. The number of carbonyl (C=O) groups is 1. The molecule has 0 spiro atoms. The van der Waals surface area contributed by atoms with Crippen molar-refractivity contribution in [1.29, 1.82) is 5.26 Å². The molecule has 130 valence electrons. The first-order chi connectivity index (χ1) is 11.3. The molecule has 1 aliphatic rings. The standard InChI is InChI=1S/C17H19F3N2O2/c1-12(15(23)22-16(11-21)9-3-2-4-10-16)24-14-7-5-13(6-8-14)17(18,19)20/h5-8,12H,2-4,9-10H2,1H3,(H,22,23)/t12-/m0/s1. The van der Waals surface area contributed by atoms with E-state index in [-0.39, 0.29) is 5.75 Å². The molecule has 24 heavy (non-hydrogen) atoms. The van der Waals surface area contributed by atoms with E-state index in [0.29, 0.717) is 12.8 Å². The Bertz CT molecular complexity index is 614. The first-order valence-electron chi connectivity index (χ1n) is 7.83. The molecule has 0 aromatic heterocycles. The fraction of sp³-hybridized carbons (Fsp3) is 0.529. The van der Waals surface area contributed by atoms with Crippen molar-refractivity contribution < 1.29 is 22.7 Å². The maximum Gasteiger partial charge on any atom is 0.416 e. The van der Waals surface area contributed by atoms with Crippen LogP contribution in [0.5, 0.6) is 5.75 Å². The number of halogens is 3. The molecule has 1 N–H and O–H groups in total. The number of hydrogen-bond acceptors (Lipinski definition) is 3. The highest BCUT2D eigenvalue weighted by atomic mass is 19.4. The normalized spacial score (nSPS) is 18.3. The highest BCUT2D eigenvalue weighted by molar-refractivity contribution is 5.82. The fourth-order valence-corrected chi connectivity index (χ4v) is 2.74. The van der Waals surface area contributed by atoms with Crippen LogP contribution in [0.25, 0.3) is 0 Å². The van der Waals surface area contributed by atoms with Gasteiger partial charge in [-0.3, -0.25) is 4.79 Å². The van der Waals surface area contributed by atoms with Gasteiger partial charge in [-0.2, -0.15) is 18.4 Å². The molecule has 4 nitrogen and oxygen atoms in total. The topological polar surface area (TPSA) is 62.1 Å². The highest BCUT2D eigenvalue weighted by Crippen LogP contribution is 2.31. The first-order valence-corrected chi connectivity index (χ1v) is 7.83. The molecular weight excluding hydrogens is 321 g/mol. The lowest BCUT2D eigenvalue weighted by molar-refractivity contribution is -0.137. The van der Waals surface area contributed by atoms with Gasteiger partial charge in [0.25, 0.3) is 5.91 Å². The van der Waals surface area contributed by atoms with Crippen LogP contribution < -0.4 is 10.1 Å². The molecule has 1 aromatic carbocycles. The summed E-state index contributed by atoms with van der Waals surface area (Å²) in [5.74, 6) is -0.279. The van der Waals surface area contributed by atoms with Crippen molar-refractivity contribution in [3.8, 4) is 11.8 Å². The molecule has 1 aliphatic carbocycles. The molecule has 0 unspecified atom stereocenters. The number of nitrogens with zero attached hydrogens (tertiary/aromatic N) is 1. The van der Waals surface area contributed by atoms with E-state index in [0.717, 1.165) is 31.4 Å². The molecule has 0 heterocycles. The van der Waals surface area contributed by atoms with E-state index in [1.54, 1.807) is 0 Å². The monoisotopic (exact) mass is 340 g/mol. The lowest BCUT2D eigenvalue weighted by Crippen LogP contribution is -2.52. The Morgan fingerprint density at radius 2 is 1.83 bits per heavy atom. The molecule has 1 aromatic rings.